The van der Waals surface area contributed by atoms with Crippen molar-refractivity contribution in [1.29, 1.82) is 0 Å². The molecule has 19 heavy (non-hydrogen) atoms. The molecule has 100 valence electrons. The first-order valence-corrected chi connectivity index (χ1v) is 6.31. The molecule has 1 amide bonds. The lowest BCUT2D eigenvalue weighted by molar-refractivity contribution is -0.115. The topological polar surface area (TPSA) is 67.8 Å². The van der Waals surface area contributed by atoms with E-state index < -0.39 is 5.97 Å². The van der Waals surface area contributed by atoms with E-state index in [-0.39, 0.29) is 5.91 Å². The van der Waals surface area contributed by atoms with Crippen LogP contribution in [0.25, 0.3) is 0 Å². The minimum atomic E-state index is -0.400. The molecule has 0 unspecified atom stereocenters. The molecular weight excluding hydrogens is 244 g/mol. The highest BCUT2D eigenvalue weighted by Gasteiger charge is 2.17. The Labute approximate surface area is 111 Å². The van der Waals surface area contributed by atoms with Crippen LogP contribution >= 0.6 is 0 Å². The van der Waals surface area contributed by atoms with Gasteiger partial charge in [-0.2, -0.15) is 0 Å². The predicted molar refractivity (Wildman–Crippen MR) is 73.0 cm³/mol. The molecule has 1 aliphatic heterocycles. The molecular formula is C14H16N2O3. The van der Waals surface area contributed by atoms with Crippen molar-refractivity contribution in [2.75, 3.05) is 11.9 Å². The highest BCUT2D eigenvalue weighted by atomic mass is 16.5. The average molecular weight is 260 g/mol. The van der Waals surface area contributed by atoms with E-state index in [0.717, 1.165) is 12.1 Å². The third kappa shape index (κ3) is 2.99. The van der Waals surface area contributed by atoms with E-state index in [9.17, 15) is 9.59 Å². The van der Waals surface area contributed by atoms with E-state index in [2.05, 4.69) is 10.3 Å². The first-order chi connectivity index (χ1) is 9.13. The Bertz CT molecular complexity index is 550. The van der Waals surface area contributed by atoms with Crippen LogP contribution in [0.4, 0.5) is 11.4 Å². The molecule has 5 nitrogen and oxygen atoms in total. The Morgan fingerprint density at radius 2 is 2.21 bits per heavy atom. The number of nitrogens with one attached hydrogen (secondary N) is 1. The number of carbonyl (C=O) groups is 2. The van der Waals surface area contributed by atoms with Gasteiger partial charge in [0.25, 0.3) is 0 Å². The lowest BCUT2D eigenvalue weighted by Crippen LogP contribution is -2.14. The number of fused-ring (bicyclic) bond motifs is 1. The van der Waals surface area contributed by atoms with E-state index >= 15 is 0 Å². The van der Waals surface area contributed by atoms with Crippen molar-refractivity contribution in [1.82, 2.24) is 0 Å². The summed E-state index contributed by atoms with van der Waals surface area (Å²) >= 11 is 0. The van der Waals surface area contributed by atoms with E-state index in [1.807, 2.05) is 6.92 Å². The van der Waals surface area contributed by atoms with Crippen LogP contribution in [-0.4, -0.2) is 24.2 Å². The summed E-state index contributed by atoms with van der Waals surface area (Å²) in [5, 5.41) is 2.76. The molecule has 5 heteroatoms. The third-order valence-corrected chi connectivity index (χ3v) is 2.83. The molecule has 0 aliphatic carbocycles. The standard InChI is InChI=1S/C14H16N2O3/c1-3-10-8-13(17)16-12-7-9(14(18)19-4-2)5-6-11(12)15-10/h5-7H,3-4,8H2,1-2H3,(H,16,17). The Hall–Kier alpha value is -2.17. The fraction of sp³-hybridized carbons (Fsp3) is 0.357. The summed E-state index contributed by atoms with van der Waals surface area (Å²) in [6.07, 6.45) is 1.02. The maximum Gasteiger partial charge on any atom is 0.338 e. The van der Waals surface area contributed by atoms with Crippen LogP contribution in [0.15, 0.2) is 23.2 Å². The van der Waals surface area contributed by atoms with Crippen LogP contribution in [0.3, 0.4) is 0 Å². The van der Waals surface area contributed by atoms with Gasteiger partial charge in [0, 0.05) is 5.71 Å². The van der Waals surface area contributed by atoms with Crippen molar-refractivity contribution < 1.29 is 14.3 Å². The molecule has 0 saturated heterocycles. The minimum Gasteiger partial charge on any atom is -0.462 e. The van der Waals surface area contributed by atoms with E-state index in [4.69, 9.17) is 4.74 Å². The van der Waals surface area contributed by atoms with Gasteiger partial charge < -0.3 is 10.1 Å². The van der Waals surface area contributed by atoms with E-state index in [0.29, 0.717) is 30.0 Å². The molecule has 1 N–H and O–H groups in total. The van der Waals surface area contributed by atoms with Gasteiger partial charge in [0.2, 0.25) is 5.91 Å². The predicted octanol–water partition coefficient (Wildman–Crippen LogP) is 2.69. The van der Waals surface area contributed by atoms with Gasteiger partial charge in [-0.15, -0.1) is 0 Å². The van der Waals surface area contributed by atoms with Crippen LogP contribution < -0.4 is 5.32 Å². The number of amides is 1. The van der Waals surface area contributed by atoms with Crippen molar-refractivity contribution >= 4 is 29.0 Å². The zero-order valence-electron chi connectivity index (χ0n) is 11.0. The monoisotopic (exact) mass is 260 g/mol. The summed E-state index contributed by atoms with van der Waals surface area (Å²) in [5.41, 5.74) is 2.48. The molecule has 0 atom stereocenters. The number of benzene rings is 1. The zero-order valence-corrected chi connectivity index (χ0v) is 11.0. The van der Waals surface area contributed by atoms with Gasteiger partial charge in [-0.1, -0.05) is 6.92 Å². The molecule has 0 bridgehead atoms. The normalized spacial score (nSPS) is 14.0. The third-order valence-electron chi connectivity index (χ3n) is 2.83. The van der Waals surface area contributed by atoms with Crippen molar-refractivity contribution in [2.24, 2.45) is 4.99 Å². The number of anilines is 1. The molecule has 1 aromatic rings. The van der Waals surface area contributed by atoms with Gasteiger partial charge in [0.15, 0.2) is 0 Å². The summed E-state index contributed by atoms with van der Waals surface area (Å²) in [6.45, 7) is 4.03. The number of hydrogen-bond donors (Lipinski definition) is 1. The maximum atomic E-state index is 11.7. The van der Waals surface area contributed by atoms with Gasteiger partial charge in [-0.3, -0.25) is 9.79 Å². The van der Waals surface area contributed by atoms with Crippen molar-refractivity contribution in [3.05, 3.63) is 23.8 Å². The number of carbonyl (C=O) groups excluding carboxylic acids is 2. The van der Waals surface area contributed by atoms with Gasteiger partial charge in [0.1, 0.15) is 0 Å². The Morgan fingerprint density at radius 1 is 1.42 bits per heavy atom. The minimum absolute atomic E-state index is 0.111. The second kappa shape index (κ2) is 5.65. The molecule has 0 radical (unpaired) electrons. The van der Waals surface area contributed by atoms with Crippen LogP contribution in [0, 0.1) is 0 Å². The second-order valence-electron chi connectivity index (χ2n) is 4.21. The van der Waals surface area contributed by atoms with Gasteiger partial charge >= 0.3 is 5.97 Å². The van der Waals surface area contributed by atoms with Crippen molar-refractivity contribution in [3.8, 4) is 0 Å². The largest absolute Gasteiger partial charge is 0.462 e. The summed E-state index contributed by atoms with van der Waals surface area (Å²) in [4.78, 5) is 27.8. The SMILES string of the molecule is CCOC(=O)c1ccc2c(c1)NC(=O)CC(CC)=N2. The Balaban J connectivity index is 2.38. The molecule has 0 spiro atoms. The van der Waals surface area contributed by atoms with Crippen molar-refractivity contribution in [2.45, 2.75) is 26.7 Å². The molecule has 2 rings (SSSR count). The van der Waals surface area contributed by atoms with Crippen LogP contribution in [0.2, 0.25) is 0 Å². The zero-order chi connectivity index (χ0) is 13.8. The Morgan fingerprint density at radius 3 is 2.89 bits per heavy atom. The summed E-state index contributed by atoms with van der Waals surface area (Å²) < 4.78 is 4.93. The number of ether oxygens (including phenoxy) is 1. The van der Waals surface area contributed by atoms with Gasteiger partial charge in [-0.05, 0) is 31.5 Å². The first-order valence-electron chi connectivity index (χ1n) is 6.31. The molecule has 0 saturated carbocycles. The summed E-state index contributed by atoms with van der Waals surface area (Å²) in [6, 6.07) is 4.99. The molecule has 0 fully saturated rings. The van der Waals surface area contributed by atoms with Crippen molar-refractivity contribution in [3.63, 3.8) is 0 Å². The number of nitrogens with zero attached hydrogens (tertiary/aromatic N) is 1. The smallest absolute Gasteiger partial charge is 0.338 e. The maximum absolute atomic E-state index is 11.7. The highest BCUT2D eigenvalue weighted by Crippen LogP contribution is 2.29. The van der Waals surface area contributed by atoms with Crippen LogP contribution in [0.1, 0.15) is 37.0 Å². The lowest BCUT2D eigenvalue weighted by atomic mass is 10.1. The number of rotatable bonds is 3. The van der Waals surface area contributed by atoms with Gasteiger partial charge in [-0.25, -0.2) is 4.79 Å². The fourth-order valence-corrected chi connectivity index (χ4v) is 1.87. The fourth-order valence-electron chi connectivity index (χ4n) is 1.87. The Kier molecular flexibility index (Phi) is 3.94. The number of hydrogen-bond acceptors (Lipinski definition) is 4. The molecule has 1 heterocycles. The van der Waals surface area contributed by atoms with Crippen LogP contribution in [-0.2, 0) is 9.53 Å². The molecule has 0 aromatic heterocycles. The van der Waals surface area contributed by atoms with Crippen LogP contribution in [0.5, 0.6) is 0 Å². The van der Waals surface area contributed by atoms with E-state index in [1.54, 1.807) is 25.1 Å². The first kappa shape index (κ1) is 13.3. The second-order valence-corrected chi connectivity index (χ2v) is 4.21. The van der Waals surface area contributed by atoms with Gasteiger partial charge in [0.05, 0.1) is 30.0 Å². The number of esters is 1. The van der Waals surface area contributed by atoms with E-state index in [1.165, 1.54) is 0 Å². The summed E-state index contributed by atoms with van der Waals surface area (Å²) in [7, 11) is 0. The quantitative estimate of drug-likeness (QED) is 0.849. The molecule has 1 aliphatic rings. The average Bonchev–Trinajstić information content (AvgIpc) is 2.55. The molecule has 1 aromatic carbocycles. The highest BCUT2D eigenvalue weighted by molar-refractivity contribution is 6.11. The summed E-state index contributed by atoms with van der Waals surface area (Å²) in [5.74, 6) is -0.510. The number of aliphatic imine (C=N–C) groups is 1. The lowest BCUT2D eigenvalue weighted by Gasteiger charge is -2.07.